The van der Waals surface area contributed by atoms with Gasteiger partial charge in [0.1, 0.15) is 11.6 Å². The van der Waals surface area contributed by atoms with E-state index in [9.17, 15) is 30.8 Å². The Bertz CT molecular complexity index is 1070. The zero-order chi connectivity index (χ0) is 23.5. The molecule has 0 saturated carbocycles. The number of nitrogens with one attached hydrogen (secondary N) is 1. The van der Waals surface area contributed by atoms with E-state index in [2.05, 4.69) is 10.1 Å². The van der Waals surface area contributed by atoms with Crippen LogP contribution in [0.3, 0.4) is 0 Å². The molecule has 32 heavy (non-hydrogen) atoms. The number of piperazine rings is 1. The van der Waals surface area contributed by atoms with Gasteiger partial charge in [-0.3, -0.25) is 9.69 Å². The van der Waals surface area contributed by atoms with Crippen molar-refractivity contribution in [3.8, 4) is 5.75 Å². The molecule has 1 heterocycles. The van der Waals surface area contributed by atoms with Crippen molar-refractivity contribution in [2.75, 3.05) is 38.0 Å². The fourth-order valence-electron chi connectivity index (χ4n) is 3.07. The minimum absolute atomic E-state index is 0.0227. The van der Waals surface area contributed by atoms with Crippen LogP contribution < -0.4 is 10.1 Å². The van der Waals surface area contributed by atoms with Gasteiger partial charge >= 0.3 is 6.36 Å². The predicted octanol–water partition coefficient (Wildman–Crippen LogP) is 3.32. The van der Waals surface area contributed by atoms with Crippen molar-refractivity contribution in [3.63, 3.8) is 0 Å². The number of hydrogen-bond donors (Lipinski definition) is 1. The average Bonchev–Trinajstić information content (AvgIpc) is 2.70. The van der Waals surface area contributed by atoms with E-state index in [0.717, 1.165) is 36.4 Å². The third kappa shape index (κ3) is 6.31. The zero-order valence-corrected chi connectivity index (χ0v) is 18.0. The van der Waals surface area contributed by atoms with Crippen LogP contribution in [0.4, 0.5) is 23.2 Å². The Morgan fingerprint density at radius 1 is 1.06 bits per heavy atom. The van der Waals surface area contributed by atoms with Crippen LogP contribution in [0.5, 0.6) is 5.75 Å². The molecule has 1 aliphatic heterocycles. The first-order valence-electron chi connectivity index (χ1n) is 9.27. The van der Waals surface area contributed by atoms with E-state index in [1.54, 1.807) is 4.90 Å². The van der Waals surface area contributed by atoms with Crippen molar-refractivity contribution in [1.82, 2.24) is 9.21 Å². The fourth-order valence-corrected chi connectivity index (χ4v) is 4.71. The Hall–Kier alpha value is -2.41. The van der Waals surface area contributed by atoms with Crippen LogP contribution in [0.25, 0.3) is 0 Å². The summed E-state index contributed by atoms with van der Waals surface area (Å²) in [6.07, 6.45) is -4.87. The highest BCUT2D eigenvalue weighted by Gasteiger charge is 2.32. The molecule has 0 aromatic heterocycles. The smallest absolute Gasteiger partial charge is 0.406 e. The van der Waals surface area contributed by atoms with E-state index in [-0.39, 0.29) is 48.3 Å². The van der Waals surface area contributed by atoms with Crippen LogP contribution in [0.1, 0.15) is 0 Å². The fraction of sp³-hybridized carbons (Fsp3) is 0.316. The molecule has 1 aliphatic rings. The summed E-state index contributed by atoms with van der Waals surface area (Å²) in [5.74, 6) is -1.45. The van der Waals surface area contributed by atoms with E-state index in [1.165, 1.54) is 10.4 Å². The Labute approximate surface area is 186 Å². The molecule has 7 nitrogen and oxygen atoms in total. The maximum absolute atomic E-state index is 13.1. The lowest BCUT2D eigenvalue weighted by Crippen LogP contribution is -2.50. The first kappa shape index (κ1) is 24.2. The van der Waals surface area contributed by atoms with Gasteiger partial charge in [0, 0.05) is 26.2 Å². The standard InChI is InChI=1S/C19H18ClF4N3O4S/c20-16-11-13(21)1-6-17(16)25-18(28)12-26-7-9-27(10-8-26)32(29,30)15-4-2-14(3-5-15)31-19(22,23)24/h1-6,11H,7-10,12H2,(H,25,28). The number of alkyl halides is 3. The Morgan fingerprint density at radius 2 is 1.69 bits per heavy atom. The predicted molar refractivity (Wildman–Crippen MR) is 108 cm³/mol. The molecule has 2 aromatic rings. The third-order valence-corrected chi connectivity index (χ3v) is 6.82. The summed E-state index contributed by atoms with van der Waals surface area (Å²) >= 11 is 5.88. The van der Waals surface area contributed by atoms with Crippen molar-refractivity contribution in [2.24, 2.45) is 0 Å². The summed E-state index contributed by atoms with van der Waals surface area (Å²) in [5, 5.41) is 2.63. The van der Waals surface area contributed by atoms with Gasteiger partial charge in [-0.1, -0.05) is 11.6 Å². The number of amides is 1. The lowest BCUT2D eigenvalue weighted by atomic mass is 10.3. The number of rotatable bonds is 6. The first-order chi connectivity index (χ1) is 14.9. The average molecular weight is 496 g/mol. The number of ether oxygens (including phenoxy) is 1. The van der Waals surface area contributed by atoms with E-state index >= 15 is 0 Å². The van der Waals surface area contributed by atoms with Crippen molar-refractivity contribution in [3.05, 3.63) is 53.3 Å². The number of hydrogen-bond acceptors (Lipinski definition) is 5. The summed E-state index contributed by atoms with van der Waals surface area (Å²) in [4.78, 5) is 13.8. The summed E-state index contributed by atoms with van der Waals surface area (Å²) in [5.41, 5.74) is 0.261. The van der Waals surface area contributed by atoms with Gasteiger partial charge in [-0.05, 0) is 42.5 Å². The second-order valence-electron chi connectivity index (χ2n) is 6.87. The molecule has 174 valence electrons. The Balaban J connectivity index is 1.54. The first-order valence-corrected chi connectivity index (χ1v) is 11.1. The summed E-state index contributed by atoms with van der Waals surface area (Å²) < 4.78 is 80.2. The SMILES string of the molecule is O=C(CN1CCN(S(=O)(=O)c2ccc(OC(F)(F)F)cc2)CC1)Nc1ccc(F)cc1Cl. The zero-order valence-electron chi connectivity index (χ0n) is 16.4. The summed E-state index contributed by atoms with van der Waals surface area (Å²) in [6, 6.07) is 7.52. The molecule has 1 N–H and O–H groups in total. The molecule has 1 fully saturated rings. The van der Waals surface area contributed by atoms with Gasteiger partial charge in [0.2, 0.25) is 15.9 Å². The minimum atomic E-state index is -4.87. The highest BCUT2D eigenvalue weighted by molar-refractivity contribution is 7.89. The molecule has 0 atom stereocenters. The van der Waals surface area contributed by atoms with E-state index in [0.29, 0.717) is 0 Å². The van der Waals surface area contributed by atoms with Crippen molar-refractivity contribution in [1.29, 1.82) is 0 Å². The van der Waals surface area contributed by atoms with Gasteiger partial charge in [0.05, 0.1) is 22.2 Å². The molecule has 3 rings (SSSR count). The number of benzene rings is 2. The molecule has 1 amide bonds. The van der Waals surface area contributed by atoms with Crippen LogP contribution in [-0.2, 0) is 14.8 Å². The number of anilines is 1. The Morgan fingerprint density at radius 3 is 2.25 bits per heavy atom. The van der Waals surface area contributed by atoms with Crippen LogP contribution in [0.2, 0.25) is 5.02 Å². The molecular formula is C19H18ClF4N3O4S. The van der Waals surface area contributed by atoms with Crippen LogP contribution in [-0.4, -0.2) is 62.6 Å². The van der Waals surface area contributed by atoms with Crippen molar-refractivity contribution in [2.45, 2.75) is 11.3 Å². The highest BCUT2D eigenvalue weighted by atomic mass is 35.5. The molecule has 0 bridgehead atoms. The van der Waals surface area contributed by atoms with Gasteiger partial charge in [-0.2, -0.15) is 4.31 Å². The summed E-state index contributed by atoms with van der Waals surface area (Å²) in [6.45, 7) is 0.685. The second-order valence-corrected chi connectivity index (χ2v) is 9.22. The Kier molecular flexibility index (Phi) is 7.28. The molecule has 0 aliphatic carbocycles. The van der Waals surface area contributed by atoms with Gasteiger partial charge in [-0.25, -0.2) is 12.8 Å². The lowest BCUT2D eigenvalue weighted by molar-refractivity contribution is -0.274. The van der Waals surface area contributed by atoms with Gasteiger partial charge < -0.3 is 10.1 Å². The molecule has 13 heteroatoms. The van der Waals surface area contributed by atoms with Crippen molar-refractivity contribution >= 4 is 33.2 Å². The molecule has 2 aromatic carbocycles. The quantitative estimate of drug-likeness (QED) is 0.622. The number of nitrogens with zero attached hydrogens (tertiary/aromatic N) is 2. The normalized spacial score (nSPS) is 16.0. The second kappa shape index (κ2) is 9.61. The highest BCUT2D eigenvalue weighted by Crippen LogP contribution is 2.26. The molecule has 0 radical (unpaired) electrons. The monoisotopic (exact) mass is 495 g/mol. The maximum Gasteiger partial charge on any atom is 0.573 e. The van der Waals surface area contributed by atoms with Crippen LogP contribution in [0.15, 0.2) is 47.4 Å². The maximum atomic E-state index is 13.1. The lowest BCUT2D eigenvalue weighted by Gasteiger charge is -2.33. The number of halogens is 5. The molecule has 1 saturated heterocycles. The topological polar surface area (TPSA) is 79.0 Å². The molecule has 0 spiro atoms. The van der Waals surface area contributed by atoms with Gasteiger partial charge in [0.25, 0.3) is 0 Å². The van der Waals surface area contributed by atoms with Gasteiger partial charge in [-0.15, -0.1) is 13.2 Å². The number of carbonyl (C=O) groups excluding carboxylic acids is 1. The third-order valence-electron chi connectivity index (χ3n) is 4.60. The number of sulfonamides is 1. The summed E-state index contributed by atoms with van der Waals surface area (Å²) in [7, 11) is -3.92. The van der Waals surface area contributed by atoms with Crippen molar-refractivity contribution < 1.29 is 35.5 Å². The largest absolute Gasteiger partial charge is 0.573 e. The van der Waals surface area contributed by atoms with E-state index in [4.69, 9.17) is 11.6 Å². The number of carbonyl (C=O) groups is 1. The van der Waals surface area contributed by atoms with E-state index in [1.807, 2.05) is 0 Å². The minimum Gasteiger partial charge on any atom is -0.406 e. The van der Waals surface area contributed by atoms with Gasteiger partial charge in [0.15, 0.2) is 0 Å². The van der Waals surface area contributed by atoms with Crippen LogP contribution in [0, 0.1) is 5.82 Å². The van der Waals surface area contributed by atoms with Crippen LogP contribution >= 0.6 is 11.6 Å². The molecule has 0 unspecified atom stereocenters. The van der Waals surface area contributed by atoms with E-state index < -0.39 is 33.9 Å². The molecular weight excluding hydrogens is 478 g/mol.